The molecule has 1 fully saturated rings. The van der Waals surface area contributed by atoms with E-state index in [9.17, 15) is 0 Å². The number of nitrogens with one attached hydrogen (secondary N) is 1. The second-order valence-corrected chi connectivity index (χ2v) is 4.89. The fraction of sp³-hybridized carbons (Fsp3) is 0.571. The molecule has 2 rings (SSSR count). The molecule has 0 aliphatic carbocycles. The third-order valence-electron chi connectivity index (χ3n) is 3.52. The van der Waals surface area contributed by atoms with Gasteiger partial charge in [0.25, 0.3) is 0 Å². The Bertz CT molecular complexity index is 291. The predicted octanol–water partition coefficient (Wildman–Crippen LogP) is 3.38. The first-order chi connectivity index (χ1) is 7.29. The largest absolute Gasteiger partial charge is 0.310 e. The molecule has 1 aliphatic rings. The molecule has 0 saturated carbocycles. The van der Waals surface area contributed by atoms with Crippen molar-refractivity contribution in [3.63, 3.8) is 0 Å². The summed E-state index contributed by atoms with van der Waals surface area (Å²) in [6, 6.07) is 11.4. The molecule has 0 bridgehead atoms. The SMILES string of the molecule is CC(C)[C@@H]1CCCN[C@H]1c1ccccc1. The highest BCUT2D eigenvalue weighted by molar-refractivity contribution is 5.20. The number of benzene rings is 1. The van der Waals surface area contributed by atoms with Gasteiger partial charge in [-0.3, -0.25) is 0 Å². The van der Waals surface area contributed by atoms with Crippen LogP contribution in [0.3, 0.4) is 0 Å². The van der Waals surface area contributed by atoms with Crippen molar-refractivity contribution < 1.29 is 0 Å². The molecule has 0 amide bonds. The highest BCUT2D eigenvalue weighted by Gasteiger charge is 2.27. The second-order valence-electron chi connectivity index (χ2n) is 4.89. The Morgan fingerprint density at radius 3 is 2.60 bits per heavy atom. The first-order valence-electron chi connectivity index (χ1n) is 6.07. The molecule has 1 aromatic carbocycles. The molecule has 1 heteroatoms. The maximum Gasteiger partial charge on any atom is 0.0351 e. The normalized spacial score (nSPS) is 26.9. The van der Waals surface area contributed by atoms with Crippen LogP contribution in [0.5, 0.6) is 0 Å². The summed E-state index contributed by atoms with van der Waals surface area (Å²) in [6.45, 7) is 5.85. The molecule has 0 spiro atoms. The van der Waals surface area contributed by atoms with E-state index in [2.05, 4.69) is 49.5 Å². The van der Waals surface area contributed by atoms with Crippen molar-refractivity contribution in [2.24, 2.45) is 11.8 Å². The van der Waals surface area contributed by atoms with Crippen LogP contribution >= 0.6 is 0 Å². The number of piperidine rings is 1. The lowest BCUT2D eigenvalue weighted by Gasteiger charge is -2.35. The van der Waals surface area contributed by atoms with E-state index in [1.54, 1.807) is 0 Å². The summed E-state index contributed by atoms with van der Waals surface area (Å²) in [5, 5.41) is 3.67. The van der Waals surface area contributed by atoms with Crippen LogP contribution < -0.4 is 5.32 Å². The summed E-state index contributed by atoms with van der Waals surface area (Å²) >= 11 is 0. The van der Waals surface area contributed by atoms with Crippen LogP contribution in [0.15, 0.2) is 30.3 Å². The molecule has 1 aliphatic heterocycles. The minimum Gasteiger partial charge on any atom is -0.310 e. The van der Waals surface area contributed by atoms with Crippen molar-refractivity contribution in [1.29, 1.82) is 0 Å². The van der Waals surface area contributed by atoms with Crippen LogP contribution in [-0.4, -0.2) is 6.54 Å². The van der Waals surface area contributed by atoms with Crippen molar-refractivity contribution in [2.75, 3.05) is 6.54 Å². The Morgan fingerprint density at radius 1 is 1.20 bits per heavy atom. The summed E-state index contributed by atoms with van der Waals surface area (Å²) in [5.41, 5.74) is 1.45. The zero-order valence-corrected chi connectivity index (χ0v) is 9.74. The third kappa shape index (κ3) is 2.40. The van der Waals surface area contributed by atoms with Gasteiger partial charge in [-0.05, 0) is 36.8 Å². The monoisotopic (exact) mass is 203 g/mol. The Balaban J connectivity index is 2.18. The standard InChI is InChI=1S/C14H21N/c1-11(2)13-9-6-10-15-14(13)12-7-4-3-5-8-12/h3-5,7-8,11,13-15H,6,9-10H2,1-2H3/t13-,14-/m0/s1. The Hall–Kier alpha value is -0.820. The van der Waals surface area contributed by atoms with Gasteiger partial charge in [-0.1, -0.05) is 44.2 Å². The van der Waals surface area contributed by atoms with E-state index in [0.717, 1.165) is 11.8 Å². The molecule has 0 radical (unpaired) electrons. The van der Waals surface area contributed by atoms with Crippen LogP contribution in [-0.2, 0) is 0 Å². The maximum absolute atomic E-state index is 3.67. The molecule has 1 nitrogen and oxygen atoms in total. The summed E-state index contributed by atoms with van der Waals surface area (Å²) < 4.78 is 0. The fourth-order valence-corrected chi connectivity index (χ4v) is 2.66. The molecule has 1 heterocycles. The minimum atomic E-state index is 0.569. The predicted molar refractivity (Wildman–Crippen MR) is 64.7 cm³/mol. The van der Waals surface area contributed by atoms with E-state index in [-0.39, 0.29) is 0 Å². The smallest absolute Gasteiger partial charge is 0.0351 e. The van der Waals surface area contributed by atoms with Crippen LogP contribution in [0.2, 0.25) is 0 Å². The first kappa shape index (κ1) is 10.7. The van der Waals surface area contributed by atoms with Gasteiger partial charge in [-0.2, -0.15) is 0 Å². The van der Waals surface area contributed by atoms with Crippen LogP contribution in [0.25, 0.3) is 0 Å². The van der Waals surface area contributed by atoms with Crippen LogP contribution in [0.1, 0.15) is 38.3 Å². The fourth-order valence-electron chi connectivity index (χ4n) is 2.66. The van der Waals surface area contributed by atoms with Crippen molar-refractivity contribution in [2.45, 2.75) is 32.7 Å². The van der Waals surface area contributed by atoms with E-state index in [0.29, 0.717) is 6.04 Å². The molecule has 2 atom stereocenters. The van der Waals surface area contributed by atoms with E-state index >= 15 is 0 Å². The molecule has 15 heavy (non-hydrogen) atoms. The van der Waals surface area contributed by atoms with Gasteiger partial charge in [0.15, 0.2) is 0 Å². The van der Waals surface area contributed by atoms with Gasteiger partial charge in [-0.15, -0.1) is 0 Å². The van der Waals surface area contributed by atoms with Gasteiger partial charge in [0, 0.05) is 6.04 Å². The maximum atomic E-state index is 3.67. The zero-order chi connectivity index (χ0) is 10.7. The zero-order valence-electron chi connectivity index (χ0n) is 9.74. The molecule has 82 valence electrons. The lowest BCUT2D eigenvalue weighted by molar-refractivity contribution is 0.220. The first-order valence-corrected chi connectivity index (χ1v) is 6.07. The lowest BCUT2D eigenvalue weighted by atomic mass is 9.79. The molecule has 1 saturated heterocycles. The van der Waals surface area contributed by atoms with Crippen molar-refractivity contribution in [1.82, 2.24) is 5.32 Å². The van der Waals surface area contributed by atoms with Crippen molar-refractivity contribution >= 4 is 0 Å². The highest BCUT2D eigenvalue weighted by atomic mass is 14.9. The molecule has 1 aromatic rings. The Kier molecular flexibility index (Phi) is 3.42. The average Bonchev–Trinajstić information content (AvgIpc) is 2.30. The molecular formula is C14H21N. The summed E-state index contributed by atoms with van der Waals surface area (Å²) in [5.74, 6) is 1.56. The van der Waals surface area contributed by atoms with Gasteiger partial charge in [0.1, 0.15) is 0 Å². The summed E-state index contributed by atoms with van der Waals surface area (Å²) in [4.78, 5) is 0. The van der Waals surface area contributed by atoms with E-state index < -0.39 is 0 Å². The second kappa shape index (κ2) is 4.80. The van der Waals surface area contributed by atoms with Gasteiger partial charge >= 0.3 is 0 Å². The number of rotatable bonds is 2. The van der Waals surface area contributed by atoms with Crippen molar-refractivity contribution in [3.8, 4) is 0 Å². The number of hydrogen-bond donors (Lipinski definition) is 1. The molecule has 0 unspecified atom stereocenters. The molecule has 0 aromatic heterocycles. The van der Waals surface area contributed by atoms with Gasteiger partial charge in [0.05, 0.1) is 0 Å². The average molecular weight is 203 g/mol. The molecule has 1 N–H and O–H groups in total. The summed E-state index contributed by atoms with van der Waals surface area (Å²) in [7, 11) is 0. The van der Waals surface area contributed by atoms with Gasteiger partial charge in [0.2, 0.25) is 0 Å². The summed E-state index contributed by atoms with van der Waals surface area (Å²) in [6.07, 6.45) is 2.69. The third-order valence-corrected chi connectivity index (χ3v) is 3.52. The van der Waals surface area contributed by atoms with E-state index in [4.69, 9.17) is 0 Å². The molecular weight excluding hydrogens is 182 g/mol. The van der Waals surface area contributed by atoms with Crippen LogP contribution in [0.4, 0.5) is 0 Å². The Labute approximate surface area is 92.9 Å². The quantitative estimate of drug-likeness (QED) is 0.777. The van der Waals surface area contributed by atoms with Crippen molar-refractivity contribution in [3.05, 3.63) is 35.9 Å². The van der Waals surface area contributed by atoms with Gasteiger partial charge in [-0.25, -0.2) is 0 Å². The lowest BCUT2D eigenvalue weighted by Crippen LogP contribution is -2.36. The van der Waals surface area contributed by atoms with Gasteiger partial charge < -0.3 is 5.32 Å². The number of hydrogen-bond acceptors (Lipinski definition) is 1. The highest BCUT2D eigenvalue weighted by Crippen LogP contribution is 2.34. The van der Waals surface area contributed by atoms with E-state index in [1.165, 1.54) is 24.9 Å². The topological polar surface area (TPSA) is 12.0 Å². The van der Waals surface area contributed by atoms with E-state index in [1.807, 2.05) is 0 Å². The Morgan fingerprint density at radius 2 is 1.93 bits per heavy atom. The van der Waals surface area contributed by atoms with Crippen LogP contribution in [0, 0.1) is 11.8 Å². The minimum absolute atomic E-state index is 0.569.